The molecule has 0 aromatic carbocycles. The molecule has 0 radical (unpaired) electrons. The van der Waals surface area contributed by atoms with E-state index in [2.05, 4.69) is 5.32 Å². The standard InChI is InChI=1S/C7H10N2O3/c1-4-3-6(11)8-7(12)9(4)5(2)10/h3-4,11H,1-2H3,(H,8,12). The van der Waals surface area contributed by atoms with Gasteiger partial charge in [0.15, 0.2) is 5.88 Å². The number of aliphatic hydroxyl groups excluding tert-OH is 1. The highest BCUT2D eigenvalue weighted by atomic mass is 16.3. The van der Waals surface area contributed by atoms with Crippen molar-refractivity contribution in [2.75, 3.05) is 0 Å². The lowest BCUT2D eigenvalue weighted by Gasteiger charge is -2.27. The van der Waals surface area contributed by atoms with Gasteiger partial charge in [-0.25, -0.2) is 4.79 Å². The largest absolute Gasteiger partial charge is 0.495 e. The van der Waals surface area contributed by atoms with Gasteiger partial charge in [-0.05, 0) is 13.0 Å². The minimum Gasteiger partial charge on any atom is -0.495 e. The first-order valence-corrected chi connectivity index (χ1v) is 3.54. The Balaban J connectivity index is 2.90. The zero-order valence-electron chi connectivity index (χ0n) is 6.87. The molecule has 3 amide bonds. The van der Waals surface area contributed by atoms with Crippen LogP contribution in [0, 0.1) is 0 Å². The van der Waals surface area contributed by atoms with E-state index in [1.54, 1.807) is 6.92 Å². The van der Waals surface area contributed by atoms with Gasteiger partial charge >= 0.3 is 6.03 Å². The molecule has 0 saturated carbocycles. The number of carbonyl (C=O) groups excluding carboxylic acids is 2. The predicted octanol–water partition coefficient (Wildman–Crippen LogP) is 0.346. The molecule has 1 unspecified atom stereocenters. The third-order valence-corrected chi connectivity index (χ3v) is 1.60. The Morgan fingerprint density at radius 3 is 2.75 bits per heavy atom. The van der Waals surface area contributed by atoms with Crippen molar-refractivity contribution < 1.29 is 14.7 Å². The lowest BCUT2D eigenvalue weighted by molar-refractivity contribution is -0.127. The maximum absolute atomic E-state index is 11.0. The van der Waals surface area contributed by atoms with Gasteiger partial charge < -0.3 is 5.11 Å². The summed E-state index contributed by atoms with van der Waals surface area (Å²) < 4.78 is 0. The highest BCUT2D eigenvalue weighted by Gasteiger charge is 2.27. The molecular weight excluding hydrogens is 160 g/mol. The molecule has 0 spiro atoms. The van der Waals surface area contributed by atoms with E-state index in [4.69, 9.17) is 5.11 Å². The highest BCUT2D eigenvalue weighted by Crippen LogP contribution is 2.08. The Hall–Kier alpha value is -1.52. The van der Waals surface area contributed by atoms with Crippen molar-refractivity contribution in [2.45, 2.75) is 19.9 Å². The van der Waals surface area contributed by atoms with Gasteiger partial charge in [0, 0.05) is 6.92 Å². The normalized spacial score (nSPS) is 23.2. The van der Waals surface area contributed by atoms with Gasteiger partial charge in [0.25, 0.3) is 0 Å². The van der Waals surface area contributed by atoms with E-state index in [0.717, 1.165) is 4.90 Å². The second-order valence-corrected chi connectivity index (χ2v) is 2.61. The van der Waals surface area contributed by atoms with Crippen LogP contribution in [0.5, 0.6) is 0 Å². The molecule has 0 saturated heterocycles. The first-order valence-electron chi connectivity index (χ1n) is 3.54. The quantitative estimate of drug-likeness (QED) is 0.551. The molecule has 2 N–H and O–H groups in total. The molecule has 1 atom stereocenters. The van der Waals surface area contributed by atoms with Crippen LogP contribution in [0.25, 0.3) is 0 Å². The van der Waals surface area contributed by atoms with Crippen LogP contribution < -0.4 is 5.32 Å². The van der Waals surface area contributed by atoms with Crippen molar-refractivity contribution in [3.8, 4) is 0 Å². The molecule has 0 fully saturated rings. The van der Waals surface area contributed by atoms with E-state index in [0.29, 0.717) is 0 Å². The van der Waals surface area contributed by atoms with Crippen LogP contribution in [-0.4, -0.2) is 28.0 Å². The minimum absolute atomic E-state index is 0.204. The number of amides is 3. The van der Waals surface area contributed by atoms with Crippen LogP contribution in [0.1, 0.15) is 13.8 Å². The van der Waals surface area contributed by atoms with Crippen molar-refractivity contribution in [1.82, 2.24) is 10.2 Å². The van der Waals surface area contributed by atoms with Crippen molar-refractivity contribution in [2.24, 2.45) is 0 Å². The maximum atomic E-state index is 11.0. The minimum atomic E-state index is -0.588. The Morgan fingerprint density at radius 2 is 2.33 bits per heavy atom. The molecule has 0 aromatic rings. The van der Waals surface area contributed by atoms with E-state index in [1.807, 2.05) is 0 Å². The number of rotatable bonds is 0. The molecule has 12 heavy (non-hydrogen) atoms. The Bertz CT molecular complexity index is 259. The van der Waals surface area contributed by atoms with Crippen molar-refractivity contribution in [3.63, 3.8) is 0 Å². The first-order chi connectivity index (χ1) is 5.52. The average molecular weight is 170 g/mol. The zero-order chi connectivity index (χ0) is 9.30. The van der Waals surface area contributed by atoms with E-state index >= 15 is 0 Å². The van der Waals surface area contributed by atoms with Crippen LogP contribution in [0.3, 0.4) is 0 Å². The van der Waals surface area contributed by atoms with Crippen LogP contribution in [0.2, 0.25) is 0 Å². The topological polar surface area (TPSA) is 69.6 Å². The molecule has 1 rings (SSSR count). The van der Waals surface area contributed by atoms with Crippen molar-refractivity contribution in [1.29, 1.82) is 0 Å². The second kappa shape index (κ2) is 2.84. The summed E-state index contributed by atoms with van der Waals surface area (Å²) in [6.07, 6.45) is 1.39. The number of urea groups is 1. The fraction of sp³-hybridized carbons (Fsp3) is 0.429. The second-order valence-electron chi connectivity index (χ2n) is 2.61. The fourth-order valence-electron chi connectivity index (χ4n) is 1.13. The van der Waals surface area contributed by atoms with Gasteiger partial charge in [-0.2, -0.15) is 0 Å². The van der Waals surface area contributed by atoms with Crippen LogP contribution in [-0.2, 0) is 4.79 Å². The molecular formula is C7H10N2O3. The Kier molecular flexibility index (Phi) is 2.03. The lowest BCUT2D eigenvalue weighted by Crippen LogP contribution is -2.50. The van der Waals surface area contributed by atoms with E-state index in [1.165, 1.54) is 13.0 Å². The summed E-state index contributed by atoms with van der Waals surface area (Å²) in [5, 5.41) is 11.1. The third kappa shape index (κ3) is 1.39. The number of nitrogens with zero attached hydrogens (tertiary/aromatic N) is 1. The van der Waals surface area contributed by atoms with E-state index in [9.17, 15) is 9.59 Å². The number of aliphatic hydroxyl groups is 1. The molecule has 0 bridgehead atoms. The number of hydrogen-bond acceptors (Lipinski definition) is 3. The summed E-state index contributed by atoms with van der Waals surface area (Å²) in [5.41, 5.74) is 0. The van der Waals surface area contributed by atoms with Gasteiger partial charge in [0.2, 0.25) is 5.91 Å². The lowest BCUT2D eigenvalue weighted by atomic mass is 10.2. The summed E-state index contributed by atoms with van der Waals surface area (Å²) in [7, 11) is 0. The van der Waals surface area contributed by atoms with E-state index < -0.39 is 12.1 Å². The van der Waals surface area contributed by atoms with Gasteiger partial charge in [-0.15, -0.1) is 0 Å². The van der Waals surface area contributed by atoms with Gasteiger partial charge in [-0.3, -0.25) is 15.0 Å². The summed E-state index contributed by atoms with van der Waals surface area (Å²) >= 11 is 0. The molecule has 1 heterocycles. The summed E-state index contributed by atoms with van der Waals surface area (Å²) in [5.74, 6) is -0.547. The SMILES string of the molecule is CC(=O)N1C(=O)NC(O)=CC1C. The fourth-order valence-corrected chi connectivity index (χ4v) is 1.13. The molecule has 5 heteroatoms. The van der Waals surface area contributed by atoms with Crippen LogP contribution >= 0.6 is 0 Å². The van der Waals surface area contributed by atoms with E-state index in [-0.39, 0.29) is 11.8 Å². The number of imide groups is 1. The Morgan fingerprint density at radius 1 is 1.75 bits per heavy atom. The highest BCUT2D eigenvalue weighted by molar-refractivity contribution is 5.95. The molecule has 66 valence electrons. The average Bonchev–Trinajstić information content (AvgIpc) is 1.82. The third-order valence-electron chi connectivity index (χ3n) is 1.60. The molecule has 1 aliphatic rings. The first kappa shape index (κ1) is 8.58. The number of hydrogen-bond donors (Lipinski definition) is 2. The van der Waals surface area contributed by atoms with Crippen LogP contribution in [0.4, 0.5) is 4.79 Å². The molecule has 1 aliphatic heterocycles. The summed E-state index contributed by atoms with van der Waals surface area (Å²) in [4.78, 5) is 23.0. The molecule has 5 nitrogen and oxygen atoms in total. The van der Waals surface area contributed by atoms with Crippen LogP contribution in [0.15, 0.2) is 12.0 Å². The predicted molar refractivity (Wildman–Crippen MR) is 41.2 cm³/mol. The zero-order valence-corrected chi connectivity index (χ0v) is 6.87. The van der Waals surface area contributed by atoms with Gasteiger partial charge in [-0.1, -0.05) is 0 Å². The van der Waals surface area contributed by atoms with Crippen molar-refractivity contribution in [3.05, 3.63) is 12.0 Å². The van der Waals surface area contributed by atoms with Crippen molar-refractivity contribution >= 4 is 11.9 Å². The Labute approximate surface area is 69.7 Å². The molecule has 0 aromatic heterocycles. The number of nitrogens with one attached hydrogen (secondary N) is 1. The smallest absolute Gasteiger partial charge is 0.331 e. The van der Waals surface area contributed by atoms with Gasteiger partial charge in [0.05, 0.1) is 6.04 Å². The number of carbonyl (C=O) groups is 2. The summed E-state index contributed by atoms with van der Waals surface area (Å²) in [6.45, 7) is 2.95. The molecule has 0 aliphatic carbocycles. The monoisotopic (exact) mass is 170 g/mol. The summed E-state index contributed by atoms with van der Waals surface area (Å²) in [6, 6.07) is -0.980. The maximum Gasteiger partial charge on any atom is 0.331 e. The van der Waals surface area contributed by atoms with Gasteiger partial charge in [0.1, 0.15) is 0 Å².